The van der Waals surface area contributed by atoms with Crippen LogP contribution in [0.2, 0.25) is 0 Å². The summed E-state index contributed by atoms with van der Waals surface area (Å²) in [6.07, 6.45) is 0. The second-order valence-corrected chi connectivity index (χ2v) is 4.00. The first kappa shape index (κ1) is 14.1. The van der Waals surface area contributed by atoms with Crippen LogP contribution in [-0.2, 0) is 0 Å². The molecule has 0 N–H and O–H groups in total. The van der Waals surface area contributed by atoms with Gasteiger partial charge in [0.05, 0.1) is 7.11 Å². The van der Waals surface area contributed by atoms with Crippen LogP contribution >= 0.6 is 11.6 Å². The number of para-hydroxylation sites is 2. The third-order valence-electron chi connectivity index (χ3n) is 2.58. The minimum atomic E-state index is 0.644. The Morgan fingerprint density at radius 3 is 2.47 bits per heavy atom. The number of alkyl halides is 1. The number of rotatable bonds is 8. The van der Waals surface area contributed by atoms with Crippen molar-refractivity contribution in [2.45, 2.75) is 6.92 Å². The Kier molecular flexibility index (Phi) is 6.82. The molecule has 0 atom stereocenters. The monoisotopic (exact) mass is 257 g/mol. The van der Waals surface area contributed by atoms with Gasteiger partial charge in [-0.25, -0.2) is 0 Å². The van der Waals surface area contributed by atoms with Crippen molar-refractivity contribution in [3.8, 4) is 11.5 Å². The van der Waals surface area contributed by atoms with Crippen molar-refractivity contribution < 1.29 is 9.47 Å². The second-order valence-electron chi connectivity index (χ2n) is 3.62. The van der Waals surface area contributed by atoms with E-state index in [0.717, 1.165) is 31.1 Å². The largest absolute Gasteiger partial charge is 0.493 e. The number of hydrogen-bond acceptors (Lipinski definition) is 3. The van der Waals surface area contributed by atoms with E-state index in [1.807, 2.05) is 24.3 Å². The van der Waals surface area contributed by atoms with Crippen LogP contribution < -0.4 is 9.47 Å². The molecule has 17 heavy (non-hydrogen) atoms. The van der Waals surface area contributed by atoms with Crippen molar-refractivity contribution >= 4 is 11.6 Å². The lowest BCUT2D eigenvalue weighted by Gasteiger charge is -2.19. The summed E-state index contributed by atoms with van der Waals surface area (Å²) in [5, 5.41) is 0. The van der Waals surface area contributed by atoms with Gasteiger partial charge in [0.15, 0.2) is 11.5 Å². The Labute approximate surface area is 108 Å². The number of benzene rings is 1. The summed E-state index contributed by atoms with van der Waals surface area (Å²) >= 11 is 5.72. The Hall–Kier alpha value is -0.930. The third-order valence-corrected chi connectivity index (χ3v) is 2.75. The zero-order chi connectivity index (χ0) is 12.5. The Balaban J connectivity index is 2.39. The fourth-order valence-electron chi connectivity index (χ4n) is 1.57. The standard InChI is InChI=1S/C13H20ClNO2/c1-3-15(9-8-14)10-11-17-13-7-5-4-6-12(13)16-2/h4-7H,3,8-11H2,1-2H3. The zero-order valence-corrected chi connectivity index (χ0v) is 11.2. The molecule has 4 heteroatoms. The molecule has 0 aliphatic rings. The molecule has 0 saturated heterocycles. The van der Waals surface area contributed by atoms with Crippen LogP contribution in [-0.4, -0.2) is 44.1 Å². The molecule has 0 fully saturated rings. The first-order valence-corrected chi connectivity index (χ1v) is 6.39. The van der Waals surface area contributed by atoms with E-state index in [-0.39, 0.29) is 0 Å². The first-order chi connectivity index (χ1) is 8.31. The number of likely N-dealkylation sites (N-methyl/N-ethyl adjacent to an activating group) is 1. The van der Waals surface area contributed by atoms with E-state index in [2.05, 4.69) is 11.8 Å². The molecule has 0 aromatic heterocycles. The molecule has 1 rings (SSSR count). The summed E-state index contributed by atoms with van der Waals surface area (Å²) in [5.41, 5.74) is 0. The molecule has 0 heterocycles. The molecule has 3 nitrogen and oxygen atoms in total. The molecule has 0 aliphatic carbocycles. The normalized spacial score (nSPS) is 10.6. The molecule has 0 unspecified atom stereocenters. The molecule has 1 aromatic rings. The summed E-state index contributed by atoms with van der Waals surface area (Å²) in [7, 11) is 1.65. The van der Waals surface area contributed by atoms with Crippen LogP contribution in [0.5, 0.6) is 11.5 Å². The molecule has 0 saturated carbocycles. The predicted molar refractivity (Wildman–Crippen MR) is 71.3 cm³/mol. The number of methoxy groups -OCH3 is 1. The Bertz CT molecular complexity index is 320. The summed E-state index contributed by atoms with van der Waals surface area (Å²) in [4.78, 5) is 2.25. The van der Waals surface area contributed by atoms with Gasteiger partial charge in [-0.05, 0) is 18.7 Å². The van der Waals surface area contributed by atoms with E-state index in [9.17, 15) is 0 Å². The van der Waals surface area contributed by atoms with Crippen LogP contribution in [0.3, 0.4) is 0 Å². The first-order valence-electron chi connectivity index (χ1n) is 5.86. The van der Waals surface area contributed by atoms with Gasteiger partial charge in [0.2, 0.25) is 0 Å². The van der Waals surface area contributed by atoms with Gasteiger partial charge in [-0.3, -0.25) is 4.90 Å². The molecule has 0 spiro atoms. The molecule has 1 aromatic carbocycles. The van der Waals surface area contributed by atoms with Gasteiger partial charge in [-0.1, -0.05) is 19.1 Å². The van der Waals surface area contributed by atoms with E-state index in [4.69, 9.17) is 21.1 Å². The van der Waals surface area contributed by atoms with Gasteiger partial charge in [0, 0.05) is 19.0 Å². The van der Waals surface area contributed by atoms with Crippen LogP contribution in [0.1, 0.15) is 6.92 Å². The Morgan fingerprint density at radius 2 is 1.88 bits per heavy atom. The average molecular weight is 258 g/mol. The van der Waals surface area contributed by atoms with E-state index >= 15 is 0 Å². The minimum Gasteiger partial charge on any atom is -0.493 e. The van der Waals surface area contributed by atoms with Crippen LogP contribution in [0, 0.1) is 0 Å². The summed E-state index contributed by atoms with van der Waals surface area (Å²) in [5.74, 6) is 2.22. The van der Waals surface area contributed by atoms with Gasteiger partial charge in [0.25, 0.3) is 0 Å². The highest BCUT2D eigenvalue weighted by Crippen LogP contribution is 2.25. The summed E-state index contributed by atoms with van der Waals surface area (Å²) < 4.78 is 10.9. The molecule has 0 bridgehead atoms. The number of hydrogen-bond donors (Lipinski definition) is 0. The third kappa shape index (κ3) is 4.84. The lowest BCUT2D eigenvalue weighted by Crippen LogP contribution is -2.30. The Morgan fingerprint density at radius 1 is 1.18 bits per heavy atom. The van der Waals surface area contributed by atoms with Crippen molar-refractivity contribution in [3.05, 3.63) is 24.3 Å². The smallest absolute Gasteiger partial charge is 0.161 e. The van der Waals surface area contributed by atoms with E-state index in [1.165, 1.54) is 0 Å². The minimum absolute atomic E-state index is 0.644. The highest BCUT2D eigenvalue weighted by atomic mass is 35.5. The van der Waals surface area contributed by atoms with Gasteiger partial charge in [-0.15, -0.1) is 11.6 Å². The molecular formula is C13H20ClNO2. The van der Waals surface area contributed by atoms with Crippen LogP contribution in [0.15, 0.2) is 24.3 Å². The molecule has 0 amide bonds. The maximum absolute atomic E-state index is 5.72. The maximum atomic E-state index is 5.72. The number of halogens is 1. The van der Waals surface area contributed by atoms with E-state index in [0.29, 0.717) is 12.5 Å². The van der Waals surface area contributed by atoms with Crippen molar-refractivity contribution in [2.75, 3.05) is 39.2 Å². The molecule has 0 radical (unpaired) electrons. The molecular weight excluding hydrogens is 238 g/mol. The van der Waals surface area contributed by atoms with Crippen molar-refractivity contribution in [1.82, 2.24) is 4.90 Å². The SMILES string of the molecule is CCN(CCCl)CCOc1ccccc1OC. The van der Waals surface area contributed by atoms with Crippen LogP contribution in [0.4, 0.5) is 0 Å². The van der Waals surface area contributed by atoms with Gasteiger partial charge >= 0.3 is 0 Å². The number of ether oxygens (including phenoxy) is 2. The maximum Gasteiger partial charge on any atom is 0.161 e. The van der Waals surface area contributed by atoms with Gasteiger partial charge < -0.3 is 9.47 Å². The average Bonchev–Trinajstić information content (AvgIpc) is 2.38. The highest BCUT2D eigenvalue weighted by molar-refractivity contribution is 6.18. The summed E-state index contributed by atoms with van der Waals surface area (Å²) in [6.45, 7) is 5.53. The fourth-order valence-corrected chi connectivity index (χ4v) is 1.81. The summed E-state index contributed by atoms with van der Waals surface area (Å²) in [6, 6.07) is 7.67. The zero-order valence-electron chi connectivity index (χ0n) is 10.5. The second kappa shape index (κ2) is 8.20. The lowest BCUT2D eigenvalue weighted by atomic mass is 10.3. The van der Waals surface area contributed by atoms with Gasteiger partial charge in [-0.2, -0.15) is 0 Å². The topological polar surface area (TPSA) is 21.7 Å². The van der Waals surface area contributed by atoms with E-state index < -0.39 is 0 Å². The quantitative estimate of drug-likeness (QED) is 0.669. The van der Waals surface area contributed by atoms with Crippen molar-refractivity contribution in [1.29, 1.82) is 0 Å². The highest BCUT2D eigenvalue weighted by Gasteiger charge is 2.04. The fraction of sp³-hybridized carbons (Fsp3) is 0.538. The number of nitrogens with zero attached hydrogens (tertiary/aromatic N) is 1. The van der Waals surface area contributed by atoms with Crippen molar-refractivity contribution in [2.24, 2.45) is 0 Å². The van der Waals surface area contributed by atoms with Gasteiger partial charge in [0.1, 0.15) is 6.61 Å². The van der Waals surface area contributed by atoms with E-state index in [1.54, 1.807) is 7.11 Å². The van der Waals surface area contributed by atoms with Crippen molar-refractivity contribution in [3.63, 3.8) is 0 Å². The molecule has 0 aliphatic heterocycles. The molecule has 96 valence electrons. The predicted octanol–water partition coefficient (Wildman–Crippen LogP) is 2.63. The lowest BCUT2D eigenvalue weighted by molar-refractivity contribution is 0.218. The van der Waals surface area contributed by atoms with Crippen LogP contribution in [0.25, 0.3) is 0 Å².